The molecule has 0 aliphatic carbocycles. The summed E-state index contributed by atoms with van der Waals surface area (Å²) < 4.78 is 0. The Morgan fingerprint density at radius 1 is 1.56 bits per heavy atom. The Hall–Kier alpha value is -1.30. The molecule has 88 valence electrons. The lowest BCUT2D eigenvalue weighted by Gasteiger charge is -2.12. The average molecular weight is 240 g/mol. The summed E-state index contributed by atoms with van der Waals surface area (Å²) in [6.45, 7) is 4.05. The molecule has 0 aromatic carbocycles. The zero-order chi connectivity index (χ0) is 12.0. The molecule has 1 atom stereocenters. The minimum atomic E-state index is -0.211. The molecule has 0 aliphatic heterocycles. The van der Waals surface area contributed by atoms with Crippen molar-refractivity contribution in [1.82, 2.24) is 15.3 Å². The van der Waals surface area contributed by atoms with Crippen LogP contribution < -0.4 is 11.1 Å². The standard InChI is InChI=1S/C10H16N4OS/c1-3-16-6-7(2)14-10(15)8-4-13-9(11)5-12-8/h4-5,7H,3,6H2,1-2H3,(H2,11,13)(H,14,15). The Bertz CT molecular complexity index is 341. The molecule has 0 spiro atoms. The van der Waals surface area contributed by atoms with Crippen LogP contribution in [0, 0.1) is 0 Å². The zero-order valence-corrected chi connectivity index (χ0v) is 10.3. The number of anilines is 1. The molecular formula is C10H16N4OS. The van der Waals surface area contributed by atoms with Crippen molar-refractivity contribution in [3.8, 4) is 0 Å². The summed E-state index contributed by atoms with van der Waals surface area (Å²) in [5, 5.41) is 2.85. The number of hydrogen-bond acceptors (Lipinski definition) is 5. The van der Waals surface area contributed by atoms with Gasteiger partial charge in [-0.2, -0.15) is 11.8 Å². The molecule has 1 rings (SSSR count). The number of nitrogens with two attached hydrogens (primary N) is 1. The molecule has 1 heterocycles. The largest absolute Gasteiger partial charge is 0.382 e. The number of thioether (sulfide) groups is 1. The highest BCUT2D eigenvalue weighted by Gasteiger charge is 2.10. The van der Waals surface area contributed by atoms with Crippen LogP contribution in [0.15, 0.2) is 12.4 Å². The predicted octanol–water partition coefficient (Wildman–Crippen LogP) is 0.930. The molecule has 1 aromatic rings. The zero-order valence-electron chi connectivity index (χ0n) is 9.43. The van der Waals surface area contributed by atoms with Gasteiger partial charge >= 0.3 is 0 Å². The van der Waals surface area contributed by atoms with Gasteiger partial charge in [0.05, 0.1) is 12.4 Å². The van der Waals surface area contributed by atoms with Crippen LogP contribution in [0.1, 0.15) is 24.3 Å². The maximum atomic E-state index is 11.7. The van der Waals surface area contributed by atoms with Gasteiger partial charge in [-0.05, 0) is 12.7 Å². The Balaban J connectivity index is 2.48. The Morgan fingerprint density at radius 3 is 2.88 bits per heavy atom. The molecule has 0 radical (unpaired) electrons. The number of hydrogen-bond donors (Lipinski definition) is 2. The number of carbonyl (C=O) groups is 1. The first-order valence-electron chi connectivity index (χ1n) is 5.09. The van der Waals surface area contributed by atoms with Crippen molar-refractivity contribution in [2.24, 2.45) is 0 Å². The third-order valence-corrected chi connectivity index (χ3v) is 3.00. The van der Waals surface area contributed by atoms with Crippen LogP contribution in [0.3, 0.4) is 0 Å². The fourth-order valence-electron chi connectivity index (χ4n) is 1.09. The third kappa shape index (κ3) is 4.06. The summed E-state index contributed by atoms with van der Waals surface area (Å²) in [5.41, 5.74) is 5.68. The minimum Gasteiger partial charge on any atom is -0.382 e. The van der Waals surface area contributed by atoms with Crippen molar-refractivity contribution in [3.63, 3.8) is 0 Å². The van der Waals surface area contributed by atoms with Crippen molar-refractivity contribution in [3.05, 3.63) is 18.1 Å². The quantitative estimate of drug-likeness (QED) is 0.800. The molecule has 1 amide bonds. The summed E-state index contributed by atoms with van der Waals surface area (Å²) in [7, 11) is 0. The second kappa shape index (κ2) is 6.32. The first-order valence-corrected chi connectivity index (χ1v) is 6.25. The molecular weight excluding hydrogens is 224 g/mol. The monoisotopic (exact) mass is 240 g/mol. The van der Waals surface area contributed by atoms with Gasteiger partial charge in [0.25, 0.3) is 5.91 Å². The third-order valence-electron chi connectivity index (χ3n) is 1.85. The van der Waals surface area contributed by atoms with E-state index < -0.39 is 0 Å². The van der Waals surface area contributed by atoms with E-state index >= 15 is 0 Å². The smallest absolute Gasteiger partial charge is 0.271 e. The first kappa shape index (κ1) is 12.8. The van der Waals surface area contributed by atoms with Crippen LogP contribution in [0.25, 0.3) is 0 Å². The molecule has 1 aromatic heterocycles. The molecule has 0 fully saturated rings. The molecule has 6 heteroatoms. The summed E-state index contributed by atoms with van der Waals surface area (Å²) in [5.74, 6) is 2.04. The Morgan fingerprint density at radius 2 is 2.31 bits per heavy atom. The summed E-state index contributed by atoms with van der Waals surface area (Å²) in [6.07, 6.45) is 2.75. The van der Waals surface area contributed by atoms with E-state index in [0.29, 0.717) is 11.5 Å². The van der Waals surface area contributed by atoms with Crippen molar-refractivity contribution in [2.45, 2.75) is 19.9 Å². The molecule has 3 N–H and O–H groups in total. The van der Waals surface area contributed by atoms with E-state index in [9.17, 15) is 4.79 Å². The fourth-order valence-corrected chi connectivity index (χ4v) is 1.76. The van der Waals surface area contributed by atoms with Crippen LogP contribution >= 0.6 is 11.8 Å². The van der Waals surface area contributed by atoms with E-state index in [1.54, 1.807) is 11.8 Å². The van der Waals surface area contributed by atoms with Crippen LogP contribution in [0.2, 0.25) is 0 Å². The normalized spacial score (nSPS) is 12.1. The van der Waals surface area contributed by atoms with E-state index in [1.165, 1.54) is 12.4 Å². The van der Waals surface area contributed by atoms with Crippen molar-refractivity contribution < 1.29 is 4.79 Å². The summed E-state index contributed by atoms with van der Waals surface area (Å²) >= 11 is 1.79. The van der Waals surface area contributed by atoms with Gasteiger partial charge in [0.1, 0.15) is 11.5 Å². The van der Waals surface area contributed by atoms with Gasteiger partial charge in [0.15, 0.2) is 0 Å². The first-order chi connectivity index (χ1) is 7.63. The number of carbonyl (C=O) groups excluding carboxylic acids is 1. The van der Waals surface area contributed by atoms with Crippen molar-refractivity contribution in [1.29, 1.82) is 0 Å². The number of nitrogens with one attached hydrogen (secondary N) is 1. The number of aromatic nitrogens is 2. The van der Waals surface area contributed by atoms with Crippen LogP contribution in [0.4, 0.5) is 5.82 Å². The second-order valence-corrected chi connectivity index (χ2v) is 4.68. The highest BCUT2D eigenvalue weighted by atomic mass is 32.2. The number of nitrogens with zero attached hydrogens (tertiary/aromatic N) is 2. The highest BCUT2D eigenvalue weighted by molar-refractivity contribution is 7.99. The van der Waals surface area contributed by atoms with Gasteiger partial charge in [-0.15, -0.1) is 0 Å². The lowest BCUT2D eigenvalue weighted by atomic mass is 10.3. The number of amides is 1. The van der Waals surface area contributed by atoms with Gasteiger partial charge in [-0.25, -0.2) is 9.97 Å². The Kier molecular flexibility index (Phi) is 5.04. The molecule has 0 aliphatic rings. The van der Waals surface area contributed by atoms with E-state index in [1.807, 2.05) is 6.92 Å². The van der Waals surface area contributed by atoms with Crippen LogP contribution in [-0.4, -0.2) is 33.4 Å². The molecule has 16 heavy (non-hydrogen) atoms. The average Bonchev–Trinajstić information content (AvgIpc) is 2.27. The SMILES string of the molecule is CCSCC(C)NC(=O)c1cnc(N)cn1. The lowest BCUT2D eigenvalue weighted by Crippen LogP contribution is -2.34. The highest BCUT2D eigenvalue weighted by Crippen LogP contribution is 2.02. The van der Waals surface area contributed by atoms with Crippen LogP contribution in [0.5, 0.6) is 0 Å². The number of rotatable bonds is 5. The fraction of sp³-hybridized carbons (Fsp3) is 0.500. The predicted molar refractivity (Wildman–Crippen MR) is 66.4 cm³/mol. The van der Waals surface area contributed by atoms with Gasteiger partial charge in [-0.1, -0.05) is 6.92 Å². The van der Waals surface area contributed by atoms with Gasteiger partial charge in [0, 0.05) is 11.8 Å². The summed E-state index contributed by atoms with van der Waals surface area (Å²) in [6, 6.07) is 0.122. The summed E-state index contributed by atoms with van der Waals surface area (Å²) in [4.78, 5) is 19.4. The molecule has 5 nitrogen and oxygen atoms in total. The molecule has 0 bridgehead atoms. The maximum absolute atomic E-state index is 11.7. The minimum absolute atomic E-state index is 0.122. The maximum Gasteiger partial charge on any atom is 0.271 e. The van der Waals surface area contributed by atoms with Crippen LogP contribution in [-0.2, 0) is 0 Å². The van der Waals surface area contributed by atoms with Gasteiger partial charge in [0.2, 0.25) is 0 Å². The second-order valence-electron chi connectivity index (χ2n) is 3.36. The molecule has 0 saturated heterocycles. The molecule has 1 unspecified atom stereocenters. The van der Waals surface area contributed by atoms with E-state index in [4.69, 9.17) is 5.73 Å². The lowest BCUT2D eigenvalue weighted by molar-refractivity contribution is 0.0938. The van der Waals surface area contributed by atoms with Crippen molar-refractivity contribution >= 4 is 23.5 Å². The number of nitrogen functional groups attached to an aromatic ring is 1. The van der Waals surface area contributed by atoms with E-state index in [-0.39, 0.29) is 11.9 Å². The van der Waals surface area contributed by atoms with Gasteiger partial charge < -0.3 is 11.1 Å². The van der Waals surface area contributed by atoms with Crippen molar-refractivity contribution in [2.75, 3.05) is 17.2 Å². The topological polar surface area (TPSA) is 80.9 Å². The van der Waals surface area contributed by atoms with E-state index in [2.05, 4.69) is 22.2 Å². The van der Waals surface area contributed by atoms with Gasteiger partial charge in [-0.3, -0.25) is 4.79 Å². The molecule has 0 saturated carbocycles. The Labute approximate surface area is 99.2 Å². The van der Waals surface area contributed by atoms with E-state index in [0.717, 1.165) is 11.5 Å².